The van der Waals surface area contributed by atoms with Gasteiger partial charge in [-0.15, -0.1) is 0 Å². The van der Waals surface area contributed by atoms with Crippen LogP contribution in [0, 0.1) is 0 Å². The zero-order valence-electron chi connectivity index (χ0n) is 8.97. The van der Waals surface area contributed by atoms with E-state index < -0.39 is 0 Å². The van der Waals surface area contributed by atoms with Crippen LogP contribution in [0.25, 0.3) is 0 Å². The molecule has 1 aliphatic rings. The molecule has 0 bridgehead atoms. The molecular formula is C13H17BrO. The minimum Gasteiger partial charge on any atom is -0.493 e. The Hall–Kier alpha value is -0.500. The van der Waals surface area contributed by atoms with Gasteiger partial charge in [0.05, 0.1) is 6.61 Å². The highest BCUT2D eigenvalue weighted by Gasteiger charge is 2.11. The predicted octanol–water partition coefficient (Wildman–Crippen LogP) is 3.73. The second kappa shape index (κ2) is 5.55. The van der Waals surface area contributed by atoms with Crippen LogP contribution in [0.3, 0.4) is 0 Å². The first-order valence-electron chi connectivity index (χ1n) is 5.71. The molecule has 0 aliphatic carbocycles. The summed E-state index contributed by atoms with van der Waals surface area (Å²) in [5, 5.41) is 1.13. The number of hydrogen-bond acceptors (Lipinski definition) is 1. The number of alkyl halides is 1. The first-order chi connectivity index (χ1) is 7.40. The van der Waals surface area contributed by atoms with Crippen LogP contribution in [-0.4, -0.2) is 11.9 Å². The molecule has 2 rings (SSSR count). The SMILES string of the molecule is BrCCCCCc1ccc2c(c1)CCO2. The van der Waals surface area contributed by atoms with Crippen LogP contribution in [0.2, 0.25) is 0 Å². The summed E-state index contributed by atoms with van der Waals surface area (Å²) in [4.78, 5) is 0. The fraction of sp³-hybridized carbons (Fsp3) is 0.538. The highest BCUT2D eigenvalue weighted by Crippen LogP contribution is 2.26. The molecule has 0 aromatic heterocycles. The minimum absolute atomic E-state index is 0.863. The Morgan fingerprint density at radius 1 is 1.20 bits per heavy atom. The second-order valence-electron chi connectivity index (χ2n) is 4.04. The molecule has 1 heterocycles. The summed E-state index contributed by atoms with van der Waals surface area (Å²) in [6.45, 7) is 0.863. The second-order valence-corrected chi connectivity index (χ2v) is 4.83. The Kier molecular flexibility index (Phi) is 4.07. The number of aryl methyl sites for hydroxylation is 1. The number of hydrogen-bond donors (Lipinski definition) is 0. The molecule has 0 amide bonds. The molecule has 0 saturated heterocycles. The van der Waals surface area contributed by atoms with Gasteiger partial charge in [-0.25, -0.2) is 0 Å². The van der Waals surface area contributed by atoms with E-state index in [1.165, 1.54) is 36.8 Å². The van der Waals surface area contributed by atoms with Gasteiger partial charge < -0.3 is 4.74 Å². The Morgan fingerprint density at radius 3 is 3.00 bits per heavy atom. The van der Waals surface area contributed by atoms with E-state index in [0.717, 1.165) is 24.1 Å². The number of rotatable bonds is 5. The van der Waals surface area contributed by atoms with Gasteiger partial charge in [-0.05, 0) is 36.5 Å². The van der Waals surface area contributed by atoms with Gasteiger partial charge in [-0.2, -0.15) is 0 Å². The third kappa shape index (κ3) is 2.97. The summed E-state index contributed by atoms with van der Waals surface area (Å²) in [6.07, 6.45) is 6.20. The molecule has 0 fully saturated rings. The van der Waals surface area contributed by atoms with E-state index >= 15 is 0 Å². The molecule has 82 valence electrons. The number of unbranched alkanes of at least 4 members (excludes halogenated alkanes) is 2. The van der Waals surface area contributed by atoms with Crippen LogP contribution in [0.15, 0.2) is 18.2 Å². The van der Waals surface area contributed by atoms with Crippen molar-refractivity contribution in [3.05, 3.63) is 29.3 Å². The van der Waals surface area contributed by atoms with Gasteiger partial charge in [0.25, 0.3) is 0 Å². The number of fused-ring (bicyclic) bond motifs is 1. The largest absolute Gasteiger partial charge is 0.493 e. The summed E-state index contributed by atoms with van der Waals surface area (Å²) in [5.41, 5.74) is 2.86. The van der Waals surface area contributed by atoms with Gasteiger partial charge in [-0.3, -0.25) is 0 Å². The smallest absolute Gasteiger partial charge is 0.122 e. The van der Waals surface area contributed by atoms with Gasteiger partial charge >= 0.3 is 0 Å². The van der Waals surface area contributed by atoms with E-state index in [4.69, 9.17) is 4.74 Å². The zero-order valence-corrected chi connectivity index (χ0v) is 10.6. The van der Waals surface area contributed by atoms with Crippen LogP contribution >= 0.6 is 15.9 Å². The molecule has 0 N–H and O–H groups in total. The third-order valence-corrected chi connectivity index (χ3v) is 3.41. The fourth-order valence-electron chi connectivity index (χ4n) is 2.00. The van der Waals surface area contributed by atoms with Crippen molar-refractivity contribution in [2.75, 3.05) is 11.9 Å². The van der Waals surface area contributed by atoms with Gasteiger partial charge in [0.15, 0.2) is 0 Å². The maximum absolute atomic E-state index is 5.49. The van der Waals surface area contributed by atoms with E-state index in [9.17, 15) is 0 Å². The molecular weight excluding hydrogens is 252 g/mol. The topological polar surface area (TPSA) is 9.23 Å². The highest BCUT2D eigenvalue weighted by molar-refractivity contribution is 9.09. The van der Waals surface area contributed by atoms with Crippen LogP contribution in [0.5, 0.6) is 5.75 Å². The molecule has 0 saturated carbocycles. The van der Waals surface area contributed by atoms with Crippen LogP contribution in [0.1, 0.15) is 30.4 Å². The lowest BCUT2D eigenvalue weighted by molar-refractivity contribution is 0.357. The first-order valence-corrected chi connectivity index (χ1v) is 6.83. The Morgan fingerprint density at radius 2 is 2.13 bits per heavy atom. The Bertz CT molecular complexity index is 322. The average molecular weight is 269 g/mol. The lowest BCUT2D eigenvalue weighted by Crippen LogP contribution is -1.88. The highest BCUT2D eigenvalue weighted by atomic mass is 79.9. The number of halogens is 1. The standard InChI is InChI=1S/C13H17BrO/c14-8-3-1-2-4-11-5-6-13-12(10-11)7-9-15-13/h5-6,10H,1-4,7-9H2. The quantitative estimate of drug-likeness (QED) is 0.584. The summed E-state index contributed by atoms with van der Waals surface area (Å²) >= 11 is 3.46. The molecule has 1 nitrogen and oxygen atoms in total. The van der Waals surface area contributed by atoms with Crippen LogP contribution in [0.4, 0.5) is 0 Å². The molecule has 0 atom stereocenters. The van der Waals surface area contributed by atoms with Crippen molar-refractivity contribution in [3.63, 3.8) is 0 Å². The minimum atomic E-state index is 0.863. The van der Waals surface area contributed by atoms with E-state index in [-0.39, 0.29) is 0 Å². The molecule has 0 spiro atoms. The number of ether oxygens (including phenoxy) is 1. The molecule has 1 aliphatic heterocycles. The fourth-order valence-corrected chi connectivity index (χ4v) is 2.39. The molecule has 1 aromatic carbocycles. The van der Waals surface area contributed by atoms with Crippen molar-refractivity contribution in [1.29, 1.82) is 0 Å². The van der Waals surface area contributed by atoms with E-state index in [1.807, 2.05) is 0 Å². The van der Waals surface area contributed by atoms with Crippen molar-refractivity contribution in [2.24, 2.45) is 0 Å². The van der Waals surface area contributed by atoms with Gasteiger partial charge in [0.2, 0.25) is 0 Å². The normalized spacial score (nSPS) is 13.7. The molecule has 2 heteroatoms. The van der Waals surface area contributed by atoms with Crippen LogP contribution in [-0.2, 0) is 12.8 Å². The van der Waals surface area contributed by atoms with E-state index in [1.54, 1.807) is 0 Å². The Balaban J connectivity index is 1.87. The molecule has 1 aromatic rings. The molecule has 0 radical (unpaired) electrons. The van der Waals surface area contributed by atoms with Gasteiger partial charge in [0, 0.05) is 11.8 Å². The number of benzene rings is 1. The van der Waals surface area contributed by atoms with E-state index in [0.29, 0.717) is 0 Å². The maximum atomic E-state index is 5.49. The molecule has 15 heavy (non-hydrogen) atoms. The van der Waals surface area contributed by atoms with Crippen molar-refractivity contribution >= 4 is 15.9 Å². The monoisotopic (exact) mass is 268 g/mol. The van der Waals surface area contributed by atoms with Crippen molar-refractivity contribution in [2.45, 2.75) is 32.1 Å². The Labute approximate surface area is 100.0 Å². The van der Waals surface area contributed by atoms with Crippen molar-refractivity contribution in [3.8, 4) is 5.75 Å². The average Bonchev–Trinajstić information content (AvgIpc) is 2.71. The summed E-state index contributed by atoms with van der Waals surface area (Å²) in [6, 6.07) is 6.65. The molecule has 0 unspecified atom stereocenters. The zero-order chi connectivity index (χ0) is 10.5. The van der Waals surface area contributed by atoms with Crippen molar-refractivity contribution < 1.29 is 4.74 Å². The van der Waals surface area contributed by atoms with Gasteiger partial charge in [-0.1, -0.05) is 34.5 Å². The van der Waals surface area contributed by atoms with Gasteiger partial charge in [0.1, 0.15) is 5.75 Å². The van der Waals surface area contributed by atoms with Crippen LogP contribution < -0.4 is 4.74 Å². The third-order valence-electron chi connectivity index (χ3n) is 2.85. The lowest BCUT2D eigenvalue weighted by atomic mass is 10.0. The summed E-state index contributed by atoms with van der Waals surface area (Å²) < 4.78 is 5.49. The predicted molar refractivity (Wildman–Crippen MR) is 67.0 cm³/mol. The lowest BCUT2D eigenvalue weighted by Gasteiger charge is -2.03. The summed E-state index contributed by atoms with van der Waals surface area (Å²) in [5.74, 6) is 1.10. The first kappa shape index (κ1) is 11.0. The van der Waals surface area contributed by atoms with Crippen molar-refractivity contribution in [1.82, 2.24) is 0 Å². The maximum Gasteiger partial charge on any atom is 0.122 e. The summed E-state index contributed by atoms with van der Waals surface area (Å²) in [7, 11) is 0. The van der Waals surface area contributed by atoms with E-state index in [2.05, 4.69) is 34.1 Å².